The van der Waals surface area contributed by atoms with Crippen molar-refractivity contribution in [3.8, 4) is 22.6 Å². The zero-order valence-corrected chi connectivity index (χ0v) is 20.5. The van der Waals surface area contributed by atoms with Gasteiger partial charge >= 0.3 is 6.18 Å². The SMILES string of the molecule is C[C@H](c1c(F)cc(F)cc1F)n1cnc(=O)c2cc(Oc3cccc(-c4ccc(N)nc4)c3C(F)(F)F)ccc21. The largest absolute Gasteiger partial charge is 0.457 e. The Bertz CT molecular complexity index is 1780. The van der Waals surface area contributed by atoms with E-state index in [9.17, 15) is 31.1 Å². The molecule has 1 atom stereocenters. The molecular weight excluding hydrogens is 538 g/mol. The molecule has 2 aromatic heterocycles. The maximum absolute atomic E-state index is 14.4. The van der Waals surface area contributed by atoms with E-state index in [1.165, 1.54) is 60.2 Å². The number of pyridine rings is 1. The third kappa shape index (κ3) is 4.95. The number of hydrogen-bond donors (Lipinski definition) is 1. The quantitative estimate of drug-likeness (QED) is 0.239. The van der Waals surface area contributed by atoms with Crippen LogP contribution in [0.5, 0.6) is 11.5 Å². The fourth-order valence-corrected chi connectivity index (χ4v) is 4.46. The number of hydrogen-bond acceptors (Lipinski definition) is 5. The predicted molar refractivity (Wildman–Crippen MR) is 135 cm³/mol. The molecule has 0 fully saturated rings. The summed E-state index contributed by atoms with van der Waals surface area (Å²) in [5.74, 6) is -3.87. The number of benzene rings is 3. The first-order valence-electron chi connectivity index (χ1n) is 11.7. The molecule has 0 amide bonds. The summed E-state index contributed by atoms with van der Waals surface area (Å²) in [5.41, 5.74) is 3.41. The van der Waals surface area contributed by atoms with Crippen molar-refractivity contribution in [3.63, 3.8) is 0 Å². The first kappa shape index (κ1) is 26.7. The van der Waals surface area contributed by atoms with E-state index in [2.05, 4.69) is 9.97 Å². The van der Waals surface area contributed by atoms with Crippen molar-refractivity contribution in [2.45, 2.75) is 19.1 Å². The molecule has 204 valence electrons. The van der Waals surface area contributed by atoms with Crippen LogP contribution in [0.3, 0.4) is 0 Å². The van der Waals surface area contributed by atoms with Gasteiger partial charge in [-0.3, -0.25) is 4.79 Å². The Labute approximate surface area is 222 Å². The number of nitrogens with two attached hydrogens (primary N) is 1. The Morgan fingerprint density at radius 1 is 0.950 bits per heavy atom. The molecular formula is C28H18F6N4O2. The third-order valence-electron chi connectivity index (χ3n) is 6.29. The van der Waals surface area contributed by atoms with E-state index >= 15 is 0 Å². The van der Waals surface area contributed by atoms with Gasteiger partial charge in [-0.05, 0) is 48.9 Å². The van der Waals surface area contributed by atoms with E-state index in [0.717, 1.165) is 12.4 Å². The topological polar surface area (TPSA) is 83.0 Å². The first-order chi connectivity index (χ1) is 18.9. The van der Waals surface area contributed by atoms with Crippen LogP contribution in [0.1, 0.15) is 24.1 Å². The highest BCUT2D eigenvalue weighted by atomic mass is 19.4. The Morgan fingerprint density at radius 3 is 2.33 bits per heavy atom. The van der Waals surface area contributed by atoms with Gasteiger partial charge in [-0.15, -0.1) is 0 Å². The van der Waals surface area contributed by atoms with Crippen molar-refractivity contribution in [2.24, 2.45) is 0 Å². The summed E-state index contributed by atoms with van der Waals surface area (Å²) in [6.07, 6.45) is -2.54. The second-order valence-corrected chi connectivity index (χ2v) is 8.85. The van der Waals surface area contributed by atoms with Crippen molar-refractivity contribution < 1.29 is 31.1 Å². The third-order valence-corrected chi connectivity index (χ3v) is 6.29. The predicted octanol–water partition coefficient (Wildman–Crippen LogP) is 6.88. The number of ether oxygens (including phenoxy) is 1. The number of rotatable bonds is 5. The maximum Gasteiger partial charge on any atom is 0.420 e. The summed E-state index contributed by atoms with van der Waals surface area (Å²) in [7, 11) is 0. The van der Waals surface area contributed by atoms with Crippen LogP contribution in [0.15, 0.2) is 78.0 Å². The van der Waals surface area contributed by atoms with Crippen molar-refractivity contribution in [2.75, 3.05) is 5.73 Å². The second kappa shape index (κ2) is 10.0. The van der Waals surface area contributed by atoms with Gasteiger partial charge in [-0.1, -0.05) is 12.1 Å². The Morgan fingerprint density at radius 2 is 1.68 bits per heavy atom. The molecule has 0 unspecified atom stereocenters. The Hall–Kier alpha value is -4.87. The van der Waals surface area contributed by atoms with Crippen LogP contribution in [0, 0.1) is 17.5 Å². The molecule has 2 N–H and O–H groups in total. The molecule has 12 heteroatoms. The summed E-state index contributed by atoms with van der Waals surface area (Å²) in [6.45, 7) is 1.42. The van der Waals surface area contributed by atoms with Gasteiger partial charge in [-0.2, -0.15) is 18.2 Å². The molecule has 0 bridgehead atoms. The molecule has 2 heterocycles. The lowest BCUT2D eigenvalue weighted by Crippen LogP contribution is -2.18. The summed E-state index contributed by atoms with van der Waals surface area (Å²) in [5, 5.41) is -0.0813. The molecule has 0 radical (unpaired) electrons. The van der Waals surface area contributed by atoms with Gasteiger partial charge in [0.05, 0.1) is 23.3 Å². The fraction of sp³-hybridized carbons (Fsp3) is 0.107. The standard InChI is InChI=1S/C28H18F6N4O2/c1-14(25-20(30)9-16(29)10-21(25)31)38-13-37-27(39)19-11-17(6-7-22(19)38)40-23-4-2-3-18(26(23)28(32,33)34)15-5-8-24(35)36-12-15/h2-14H,1H3,(H2,35,36)/t14-/m1/s1. The molecule has 0 aliphatic rings. The molecule has 0 spiro atoms. The molecule has 3 aromatic carbocycles. The summed E-state index contributed by atoms with van der Waals surface area (Å²) < 4.78 is 91.8. The smallest absolute Gasteiger partial charge is 0.420 e. The molecule has 0 aliphatic heterocycles. The van der Waals surface area contributed by atoms with Gasteiger partial charge in [-0.25, -0.2) is 18.2 Å². The number of anilines is 1. The molecule has 0 saturated heterocycles. The maximum atomic E-state index is 14.4. The second-order valence-electron chi connectivity index (χ2n) is 8.85. The zero-order chi connectivity index (χ0) is 28.8. The van der Waals surface area contributed by atoms with E-state index in [1.807, 2.05) is 0 Å². The molecule has 0 saturated carbocycles. The van der Waals surface area contributed by atoms with Crippen molar-refractivity contribution >= 4 is 16.7 Å². The molecule has 40 heavy (non-hydrogen) atoms. The number of fused-ring (bicyclic) bond motifs is 1. The van der Waals surface area contributed by atoms with Crippen molar-refractivity contribution in [1.29, 1.82) is 0 Å². The highest BCUT2D eigenvalue weighted by Crippen LogP contribution is 2.44. The monoisotopic (exact) mass is 556 g/mol. The number of nitrogens with zero attached hydrogens (tertiary/aromatic N) is 3. The minimum absolute atomic E-state index is 0.0813. The van der Waals surface area contributed by atoms with Crippen LogP contribution in [0.2, 0.25) is 0 Å². The van der Waals surface area contributed by atoms with Gasteiger partial charge in [0, 0.05) is 29.5 Å². The number of alkyl halides is 3. The average molecular weight is 556 g/mol. The number of halogens is 6. The van der Waals surface area contributed by atoms with Crippen molar-refractivity contribution in [3.05, 3.63) is 112 Å². The van der Waals surface area contributed by atoms with E-state index < -0.39 is 52.1 Å². The van der Waals surface area contributed by atoms with Crippen LogP contribution in [0.25, 0.3) is 22.0 Å². The normalized spacial score (nSPS) is 12.5. The lowest BCUT2D eigenvalue weighted by Gasteiger charge is -2.20. The van der Waals surface area contributed by atoms with Crippen LogP contribution in [-0.2, 0) is 6.18 Å². The van der Waals surface area contributed by atoms with E-state index in [-0.39, 0.29) is 33.6 Å². The summed E-state index contributed by atoms with van der Waals surface area (Å²) in [4.78, 5) is 20.2. The summed E-state index contributed by atoms with van der Waals surface area (Å²) in [6, 6.07) is 10.4. The fourth-order valence-electron chi connectivity index (χ4n) is 4.46. The molecule has 0 aliphatic carbocycles. The Balaban J connectivity index is 1.59. The number of aromatic nitrogens is 3. The van der Waals surface area contributed by atoms with Gasteiger partial charge in [0.25, 0.3) is 5.56 Å². The zero-order valence-electron chi connectivity index (χ0n) is 20.5. The first-order valence-corrected chi connectivity index (χ1v) is 11.7. The lowest BCUT2D eigenvalue weighted by molar-refractivity contribution is -0.138. The Kier molecular flexibility index (Phi) is 6.70. The van der Waals surface area contributed by atoms with Gasteiger partial charge in [0.15, 0.2) is 0 Å². The minimum Gasteiger partial charge on any atom is -0.457 e. The van der Waals surface area contributed by atoms with Crippen LogP contribution >= 0.6 is 0 Å². The van der Waals surface area contributed by atoms with E-state index in [4.69, 9.17) is 10.5 Å². The highest BCUT2D eigenvalue weighted by Gasteiger charge is 2.38. The molecule has 6 nitrogen and oxygen atoms in total. The average Bonchev–Trinajstić information content (AvgIpc) is 2.88. The summed E-state index contributed by atoms with van der Waals surface area (Å²) >= 11 is 0. The highest BCUT2D eigenvalue weighted by molar-refractivity contribution is 5.80. The minimum atomic E-state index is -4.82. The van der Waals surface area contributed by atoms with Crippen LogP contribution < -0.4 is 16.0 Å². The molecule has 5 rings (SSSR count). The van der Waals surface area contributed by atoms with Crippen LogP contribution in [-0.4, -0.2) is 14.5 Å². The van der Waals surface area contributed by atoms with E-state index in [0.29, 0.717) is 12.1 Å². The van der Waals surface area contributed by atoms with Crippen LogP contribution in [0.4, 0.5) is 32.2 Å². The number of nitrogen functional groups attached to an aromatic ring is 1. The lowest BCUT2D eigenvalue weighted by atomic mass is 9.99. The molecule has 5 aromatic rings. The van der Waals surface area contributed by atoms with Gasteiger partial charge in [0.2, 0.25) is 0 Å². The van der Waals surface area contributed by atoms with Gasteiger partial charge in [0.1, 0.15) is 40.3 Å². The van der Waals surface area contributed by atoms with Crippen molar-refractivity contribution in [1.82, 2.24) is 14.5 Å². The van der Waals surface area contributed by atoms with E-state index in [1.54, 1.807) is 0 Å². The van der Waals surface area contributed by atoms with Gasteiger partial charge < -0.3 is 15.0 Å².